The van der Waals surface area contributed by atoms with Gasteiger partial charge in [-0.3, -0.25) is 14.4 Å². The van der Waals surface area contributed by atoms with E-state index in [9.17, 15) is 19.5 Å². The molecule has 4 rings (SSSR count). The second kappa shape index (κ2) is 9.58. The van der Waals surface area contributed by atoms with Crippen LogP contribution in [0.15, 0.2) is 23.0 Å². The van der Waals surface area contributed by atoms with Gasteiger partial charge in [-0.2, -0.15) is 0 Å². The highest BCUT2D eigenvalue weighted by Gasteiger charge is 2.56. The number of fused-ring (bicyclic) bond motifs is 3. The molecule has 3 aliphatic heterocycles. The van der Waals surface area contributed by atoms with Crippen LogP contribution in [0.25, 0.3) is 6.08 Å². The first-order chi connectivity index (χ1) is 15.5. The first-order valence-electron chi connectivity index (χ1n) is 11.7. The predicted octanol–water partition coefficient (Wildman–Crippen LogP) is 0.994. The van der Waals surface area contributed by atoms with Gasteiger partial charge < -0.3 is 24.8 Å². The molecule has 3 aliphatic rings. The molecule has 174 valence electrons. The number of likely N-dealkylation sites (tertiary alicyclic amines) is 2. The molecule has 4 heterocycles. The summed E-state index contributed by atoms with van der Waals surface area (Å²) in [6, 6.07) is 2.54. The summed E-state index contributed by atoms with van der Waals surface area (Å²) in [6.07, 6.45) is 7.25. The number of hydrogen-bond acceptors (Lipinski definition) is 5. The van der Waals surface area contributed by atoms with Crippen LogP contribution in [0.2, 0.25) is 0 Å². The summed E-state index contributed by atoms with van der Waals surface area (Å²) in [6.45, 7) is 6.94. The number of carbonyl (C=O) groups is 2. The molecule has 2 fully saturated rings. The van der Waals surface area contributed by atoms with Crippen LogP contribution in [0.4, 0.5) is 0 Å². The van der Waals surface area contributed by atoms with E-state index < -0.39 is 12.0 Å². The molecule has 0 aromatic carbocycles. The van der Waals surface area contributed by atoms with Crippen molar-refractivity contribution in [1.29, 1.82) is 0 Å². The number of amides is 2. The summed E-state index contributed by atoms with van der Waals surface area (Å²) in [5.41, 5.74) is 1.24. The van der Waals surface area contributed by atoms with Gasteiger partial charge >= 0.3 is 0 Å². The smallest absolute Gasteiger partial charge is 0.258 e. The van der Waals surface area contributed by atoms with Gasteiger partial charge in [-0.25, -0.2) is 0 Å². The summed E-state index contributed by atoms with van der Waals surface area (Å²) in [4.78, 5) is 42.8. The average Bonchev–Trinajstić information content (AvgIpc) is 3.31. The van der Waals surface area contributed by atoms with Crippen LogP contribution < -0.4 is 10.9 Å². The summed E-state index contributed by atoms with van der Waals surface area (Å²) in [5, 5.41) is 13.2. The monoisotopic (exact) mass is 442 g/mol. The van der Waals surface area contributed by atoms with Crippen molar-refractivity contribution in [3.8, 4) is 0 Å². The zero-order valence-corrected chi connectivity index (χ0v) is 19.0. The van der Waals surface area contributed by atoms with E-state index in [2.05, 4.69) is 10.2 Å². The largest absolute Gasteiger partial charge is 0.396 e. The third-order valence-electron chi connectivity index (χ3n) is 7.26. The molecule has 0 radical (unpaired) electrons. The fourth-order valence-electron chi connectivity index (χ4n) is 5.80. The molecule has 2 amide bonds. The highest BCUT2D eigenvalue weighted by molar-refractivity contribution is 5.88. The number of rotatable bonds is 6. The van der Waals surface area contributed by atoms with E-state index in [1.807, 2.05) is 19.1 Å². The number of aliphatic hydroxyl groups excluding tert-OH is 1. The zero-order valence-electron chi connectivity index (χ0n) is 19.0. The molecule has 2 N–H and O–H groups in total. The molecule has 0 unspecified atom stereocenters. The Morgan fingerprint density at radius 3 is 2.62 bits per heavy atom. The quantitative estimate of drug-likeness (QED) is 0.685. The number of aliphatic hydroxyl groups is 1. The molecule has 0 spiro atoms. The number of hydrogen-bond donors (Lipinski definition) is 2. The van der Waals surface area contributed by atoms with Gasteiger partial charge in [0.1, 0.15) is 6.04 Å². The number of nitrogens with one attached hydrogen (secondary N) is 1. The average molecular weight is 443 g/mol. The van der Waals surface area contributed by atoms with Crippen molar-refractivity contribution >= 4 is 17.9 Å². The lowest BCUT2D eigenvalue weighted by Crippen LogP contribution is -2.51. The van der Waals surface area contributed by atoms with E-state index in [0.717, 1.165) is 25.3 Å². The molecular weight excluding hydrogens is 408 g/mol. The second-order valence-electron chi connectivity index (χ2n) is 9.15. The Kier molecular flexibility index (Phi) is 6.81. The van der Waals surface area contributed by atoms with Gasteiger partial charge in [0, 0.05) is 56.3 Å². The molecule has 4 atom stereocenters. The first-order valence-corrected chi connectivity index (χ1v) is 11.7. The summed E-state index contributed by atoms with van der Waals surface area (Å²) >= 11 is 0. The zero-order chi connectivity index (χ0) is 22.8. The van der Waals surface area contributed by atoms with Crippen molar-refractivity contribution in [3.05, 3.63) is 39.8 Å². The highest BCUT2D eigenvalue weighted by atomic mass is 16.3. The fraction of sp³-hybridized carbons (Fsp3) is 0.625. The fourth-order valence-corrected chi connectivity index (χ4v) is 5.80. The molecule has 0 saturated carbocycles. The van der Waals surface area contributed by atoms with Gasteiger partial charge in [-0.15, -0.1) is 0 Å². The lowest BCUT2D eigenvalue weighted by molar-refractivity contribution is -0.140. The van der Waals surface area contributed by atoms with Gasteiger partial charge in [0.25, 0.3) is 5.56 Å². The van der Waals surface area contributed by atoms with Crippen molar-refractivity contribution in [1.82, 2.24) is 19.7 Å². The lowest BCUT2D eigenvalue weighted by Gasteiger charge is -2.31. The van der Waals surface area contributed by atoms with Crippen LogP contribution in [0.5, 0.6) is 0 Å². The predicted molar refractivity (Wildman–Crippen MR) is 122 cm³/mol. The van der Waals surface area contributed by atoms with Crippen LogP contribution in [-0.2, 0) is 16.1 Å². The molecule has 8 heteroatoms. The van der Waals surface area contributed by atoms with Crippen LogP contribution in [0.3, 0.4) is 0 Å². The Morgan fingerprint density at radius 1 is 1.22 bits per heavy atom. The molecule has 8 nitrogen and oxygen atoms in total. The maximum atomic E-state index is 13.2. The third-order valence-corrected chi connectivity index (χ3v) is 7.26. The molecular formula is C24H34N4O4. The molecule has 32 heavy (non-hydrogen) atoms. The highest BCUT2D eigenvalue weighted by Crippen LogP contribution is 2.49. The number of pyridine rings is 1. The normalized spacial score (nSPS) is 27.5. The number of allylic oxidation sites excluding steroid dienone is 1. The minimum atomic E-state index is -0.729. The number of aromatic nitrogens is 1. The van der Waals surface area contributed by atoms with E-state index in [0.29, 0.717) is 18.7 Å². The number of piperidine rings is 1. The second-order valence-corrected chi connectivity index (χ2v) is 9.15. The van der Waals surface area contributed by atoms with Gasteiger partial charge in [-0.05, 0) is 45.0 Å². The Labute approximate surface area is 188 Å². The Balaban J connectivity index is 1.56. The molecule has 1 aromatic rings. The first kappa shape index (κ1) is 22.7. The van der Waals surface area contributed by atoms with Gasteiger partial charge in [0.2, 0.25) is 11.8 Å². The van der Waals surface area contributed by atoms with Crippen LogP contribution in [0.1, 0.15) is 50.4 Å². The van der Waals surface area contributed by atoms with E-state index in [4.69, 9.17) is 0 Å². The van der Waals surface area contributed by atoms with Crippen LogP contribution in [-0.4, -0.2) is 70.1 Å². The molecule has 0 aliphatic carbocycles. The summed E-state index contributed by atoms with van der Waals surface area (Å²) in [7, 11) is 0. The number of nitrogens with zero attached hydrogens (tertiary/aromatic N) is 3. The Morgan fingerprint density at radius 2 is 1.97 bits per heavy atom. The van der Waals surface area contributed by atoms with Crippen molar-refractivity contribution < 1.29 is 14.7 Å². The van der Waals surface area contributed by atoms with Crippen molar-refractivity contribution in [2.45, 2.75) is 51.7 Å². The third kappa shape index (κ3) is 4.01. The van der Waals surface area contributed by atoms with Gasteiger partial charge in [-0.1, -0.05) is 18.6 Å². The minimum absolute atomic E-state index is 0.0993. The number of carbonyl (C=O) groups excluding carboxylic acids is 2. The van der Waals surface area contributed by atoms with Crippen molar-refractivity contribution in [2.75, 3.05) is 32.8 Å². The van der Waals surface area contributed by atoms with Gasteiger partial charge in [0.15, 0.2) is 0 Å². The minimum Gasteiger partial charge on any atom is -0.396 e. The van der Waals surface area contributed by atoms with E-state index in [1.54, 1.807) is 21.6 Å². The maximum Gasteiger partial charge on any atom is 0.258 e. The van der Waals surface area contributed by atoms with Crippen molar-refractivity contribution in [3.63, 3.8) is 0 Å². The standard InChI is InChI=1S/C24H34N4O4/c1-3-7-17-8-9-20-21-18(14-27(20)24(17)32)19(15-29)22(28(21)16(2)30)23(31)25-10-13-26-11-5-4-6-12-26/h3,7-9,18-19,21-22,29H,4-6,10-15H2,1-2H3,(H,25,31)/b7-3+/t18-,19-,21+,22-/m0/s1. The molecule has 2 saturated heterocycles. The van der Waals surface area contributed by atoms with Gasteiger partial charge in [0.05, 0.1) is 6.04 Å². The summed E-state index contributed by atoms with van der Waals surface area (Å²) < 4.78 is 1.70. The van der Waals surface area contributed by atoms with Crippen LogP contribution in [0, 0.1) is 11.8 Å². The molecule has 1 aromatic heterocycles. The maximum absolute atomic E-state index is 13.2. The van der Waals surface area contributed by atoms with Crippen molar-refractivity contribution in [2.24, 2.45) is 11.8 Å². The van der Waals surface area contributed by atoms with Crippen LogP contribution >= 0.6 is 0 Å². The van der Waals surface area contributed by atoms with E-state index in [-0.39, 0.29) is 35.9 Å². The van der Waals surface area contributed by atoms with E-state index in [1.165, 1.54) is 26.2 Å². The topological polar surface area (TPSA) is 94.9 Å². The lowest BCUT2D eigenvalue weighted by atomic mass is 9.88. The molecule has 0 bridgehead atoms. The SMILES string of the molecule is C/C=C/c1ccc2n(c1=O)C[C@H]1[C@H](CO)[C@@H](C(=O)NCCN3CCCCC3)N(C(C)=O)[C@@H]21. The van der Waals surface area contributed by atoms with E-state index >= 15 is 0 Å². The Hall–Kier alpha value is -2.45. The Bertz CT molecular complexity index is 950. The summed E-state index contributed by atoms with van der Waals surface area (Å²) in [5.74, 6) is -1.02.